The molecule has 140 valence electrons. The van der Waals surface area contributed by atoms with Gasteiger partial charge in [-0.2, -0.15) is 5.10 Å². The molecule has 3 heterocycles. The normalized spacial score (nSPS) is 25.3. The van der Waals surface area contributed by atoms with Gasteiger partial charge in [0.1, 0.15) is 0 Å². The second-order valence-corrected chi connectivity index (χ2v) is 7.82. The molecule has 3 rings (SSSR count). The lowest BCUT2D eigenvalue weighted by Gasteiger charge is -2.26. The van der Waals surface area contributed by atoms with Crippen molar-refractivity contribution in [2.45, 2.75) is 38.6 Å². The zero-order valence-corrected chi connectivity index (χ0v) is 15.6. The number of aryl methyl sites for hydroxylation is 1. The molecule has 1 aromatic heterocycles. The van der Waals surface area contributed by atoms with E-state index >= 15 is 0 Å². The zero-order valence-electron chi connectivity index (χ0n) is 14.8. The molecular formula is C18H29ClN4O2. The molecule has 0 radical (unpaired) electrons. The number of carbonyl (C=O) groups is 1. The largest absolute Gasteiger partial charge is 0.396 e. The number of rotatable bonds is 6. The molecule has 0 saturated carbocycles. The molecule has 0 aliphatic carbocycles. The van der Waals surface area contributed by atoms with Gasteiger partial charge in [-0.05, 0) is 31.8 Å². The van der Waals surface area contributed by atoms with Crippen molar-refractivity contribution < 1.29 is 9.90 Å². The second kappa shape index (κ2) is 9.01. The standard InChI is InChI=1S/C18H29ClN4O2/c19-17-9-20-23(13-17)8-5-18(25)22-11-15(16(12-22)14-24)10-21-6-3-1-2-4-7-21/h9,13,15-16,24H,1-8,10-12,14H2/t15-,16-/m1/s1. The van der Waals surface area contributed by atoms with Crippen LogP contribution >= 0.6 is 11.6 Å². The molecule has 2 saturated heterocycles. The van der Waals surface area contributed by atoms with E-state index in [9.17, 15) is 9.90 Å². The van der Waals surface area contributed by atoms with Gasteiger partial charge in [0, 0.05) is 51.3 Å². The van der Waals surface area contributed by atoms with Crippen molar-refractivity contribution in [3.8, 4) is 0 Å². The Morgan fingerprint density at radius 3 is 2.56 bits per heavy atom. The Kier molecular flexibility index (Phi) is 6.73. The van der Waals surface area contributed by atoms with Crippen LogP contribution in [-0.4, -0.2) is 69.9 Å². The highest BCUT2D eigenvalue weighted by Crippen LogP contribution is 2.26. The first-order valence-electron chi connectivity index (χ1n) is 9.44. The minimum absolute atomic E-state index is 0.142. The highest BCUT2D eigenvalue weighted by Gasteiger charge is 2.35. The van der Waals surface area contributed by atoms with Crippen LogP contribution in [0.2, 0.25) is 5.02 Å². The van der Waals surface area contributed by atoms with Crippen LogP contribution in [0.1, 0.15) is 32.1 Å². The number of aliphatic hydroxyl groups is 1. The smallest absolute Gasteiger partial charge is 0.224 e. The lowest BCUT2D eigenvalue weighted by molar-refractivity contribution is -0.130. The van der Waals surface area contributed by atoms with Crippen LogP contribution in [0.25, 0.3) is 0 Å². The van der Waals surface area contributed by atoms with Crippen molar-refractivity contribution >= 4 is 17.5 Å². The van der Waals surface area contributed by atoms with E-state index in [0.29, 0.717) is 30.5 Å². The number of carbonyl (C=O) groups excluding carboxylic acids is 1. The van der Waals surface area contributed by atoms with Crippen molar-refractivity contribution in [2.75, 3.05) is 39.3 Å². The summed E-state index contributed by atoms with van der Waals surface area (Å²) in [5, 5.41) is 14.4. The maximum atomic E-state index is 12.5. The molecule has 2 atom stereocenters. The summed E-state index contributed by atoms with van der Waals surface area (Å²) >= 11 is 5.85. The molecular weight excluding hydrogens is 340 g/mol. The molecule has 0 unspecified atom stereocenters. The van der Waals surface area contributed by atoms with Crippen LogP contribution in [0.5, 0.6) is 0 Å². The average Bonchev–Trinajstić information content (AvgIpc) is 3.11. The summed E-state index contributed by atoms with van der Waals surface area (Å²) in [6.45, 7) is 5.46. The van der Waals surface area contributed by atoms with E-state index in [1.165, 1.54) is 25.7 Å². The fraction of sp³-hybridized carbons (Fsp3) is 0.778. The van der Waals surface area contributed by atoms with Gasteiger partial charge in [-0.15, -0.1) is 0 Å². The lowest BCUT2D eigenvalue weighted by Crippen LogP contribution is -2.35. The Bertz CT molecular complexity index is 557. The molecule has 0 aromatic carbocycles. The predicted molar refractivity (Wildman–Crippen MR) is 97.4 cm³/mol. The van der Waals surface area contributed by atoms with E-state index in [0.717, 1.165) is 26.2 Å². The summed E-state index contributed by atoms with van der Waals surface area (Å²) in [5.74, 6) is 0.723. The van der Waals surface area contributed by atoms with Gasteiger partial charge in [-0.1, -0.05) is 24.4 Å². The van der Waals surface area contributed by atoms with Crippen molar-refractivity contribution in [1.29, 1.82) is 0 Å². The first-order chi connectivity index (χ1) is 12.2. The number of amides is 1. The summed E-state index contributed by atoms with van der Waals surface area (Å²) in [5.41, 5.74) is 0. The van der Waals surface area contributed by atoms with E-state index < -0.39 is 0 Å². The van der Waals surface area contributed by atoms with Crippen LogP contribution in [0.15, 0.2) is 12.4 Å². The van der Waals surface area contributed by atoms with Crippen molar-refractivity contribution in [3.63, 3.8) is 0 Å². The zero-order chi connectivity index (χ0) is 17.6. The van der Waals surface area contributed by atoms with E-state index in [1.54, 1.807) is 17.1 Å². The molecule has 1 N–H and O–H groups in total. The summed E-state index contributed by atoms with van der Waals surface area (Å²) in [4.78, 5) is 17.0. The number of halogens is 1. The molecule has 25 heavy (non-hydrogen) atoms. The molecule has 0 spiro atoms. The summed E-state index contributed by atoms with van der Waals surface area (Å²) in [6.07, 6.45) is 8.93. The lowest BCUT2D eigenvalue weighted by atomic mass is 9.96. The molecule has 0 bridgehead atoms. The quantitative estimate of drug-likeness (QED) is 0.832. The van der Waals surface area contributed by atoms with E-state index in [2.05, 4.69) is 10.00 Å². The van der Waals surface area contributed by atoms with E-state index in [4.69, 9.17) is 11.6 Å². The monoisotopic (exact) mass is 368 g/mol. The van der Waals surface area contributed by atoms with E-state index in [-0.39, 0.29) is 18.4 Å². The van der Waals surface area contributed by atoms with Crippen LogP contribution in [0.3, 0.4) is 0 Å². The van der Waals surface area contributed by atoms with Crippen molar-refractivity contribution in [1.82, 2.24) is 19.6 Å². The Hall–Kier alpha value is -1.11. The number of aromatic nitrogens is 2. The molecule has 2 aliphatic heterocycles. The molecule has 2 aliphatic rings. The van der Waals surface area contributed by atoms with Crippen molar-refractivity contribution in [3.05, 3.63) is 17.4 Å². The first-order valence-corrected chi connectivity index (χ1v) is 9.82. The SMILES string of the molecule is O=C(CCn1cc(Cl)cn1)N1C[C@@H](CN2CCCCCC2)[C@@H](CO)C1. The number of likely N-dealkylation sites (tertiary alicyclic amines) is 2. The van der Waals surface area contributed by atoms with Gasteiger partial charge in [0.2, 0.25) is 5.91 Å². The third-order valence-corrected chi connectivity index (χ3v) is 5.71. The molecule has 7 heteroatoms. The van der Waals surface area contributed by atoms with Crippen LogP contribution in [-0.2, 0) is 11.3 Å². The average molecular weight is 369 g/mol. The van der Waals surface area contributed by atoms with Gasteiger partial charge >= 0.3 is 0 Å². The fourth-order valence-corrected chi connectivity index (χ4v) is 4.19. The predicted octanol–water partition coefficient (Wildman–Crippen LogP) is 1.87. The minimum atomic E-state index is 0.142. The van der Waals surface area contributed by atoms with Gasteiger partial charge in [0.05, 0.1) is 11.2 Å². The second-order valence-electron chi connectivity index (χ2n) is 7.39. The maximum Gasteiger partial charge on any atom is 0.224 e. The summed E-state index contributed by atoms with van der Waals surface area (Å²) < 4.78 is 1.70. The topological polar surface area (TPSA) is 61.6 Å². The van der Waals surface area contributed by atoms with Gasteiger partial charge in [-0.25, -0.2) is 0 Å². The highest BCUT2D eigenvalue weighted by atomic mass is 35.5. The number of aliphatic hydroxyl groups excluding tert-OH is 1. The molecule has 1 amide bonds. The molecule has 2 fully saturated rings. The fourth-order valence-electron chi connectivity index (χ4n) is 4.04. The number of nitrogens with zero attached hydrogens (tertiary/aromatic N) is 4. The maximum absolute atomic E-state index is 12.5. The number of hydrogen-bond acceptors (Lipinski definition) is 4. The Balaban J connectivity index is 1.50. The molecule has 6 nitrogen and oxygen atoms in total. The highest BCUT2D eigenvalue weighted by molar-refractivity contribution is 6.30. The Morgan fingerprint density at radius 2 is 1.92 bits per heavy atom. The third-order valence-electron chi connectivity index (χ3n) is 5.51. The van der Waals surface area contributed by atoms with E-state index in [1.807, 2.05) is 4.90 Å². The van der Waals surface area contributed by atoms with Gasteiger partial charge in [0.25, 0.3) is 0 Å². The van der Waals surface area contributed by atoms with Crippen LogP contribution in [0, 0.1) is 11.8 Å². The molecule has 1 aromatic rings. The third kappa shape index (κ3) is 5.19. The first kappa shape index (κ1) is 18.7. The van der Waals surface area contributed by atoms with Gasteiger partial charge in [0.15, 0.2) is 0 Å². The minimum Gasteiger partial charge on any atom is -0.396 e. The summed E-state index contributed by atoms with van der Waals surface area (Å²) in [7, 11) is 0. The van der Waals surface area contributed by atoms with Gasteiger partial charge in [-0.3, -0.25) is 9.48 Å². The van der Waals surface area contributed by atoms with Gasteiger partial charge < -0.3 is 14.9 Å². The summed E-state index contributed by atoms with van der Waals surface area (Å²) in [6, 6.07) is 0. The van der Waals surface area contributed by atoms with Crippen LogP contribution in [0.4, 0.5) is 0 Å². The van der Waals surface area contributed by atoms with Crippen LogP contribution < -0.4 is 0 Å². The Morgan fingerprint density at radius 1 is 1.20 bits per heavy atom. The number of hydrogen-bond donors (Lipinski definition) is 1. The Labute approximate surface area is 154 Å². The van der Waals surface area contributed by atoms with Crippen molar-refractivity contribution in [2.24, 2.45) is 11.8 Å².